The fourth-order valence-electron chi connectivity index (χ4n) is 2.43. The minimum absolute atomic E-state index is 0.282. The van der Waals surface area contributed by atoms with Crippen molar-refractivity contribution in [3.63, 3.8) is 0 Å². The first-order valence-corrected chi connectivity index (χ1v) is 7.96. The van der Waals surface area contributed by atoms with E-state index in [1.165, 1.54) is 4.68 Å². The lowest BCUT2D eigenvalue weighted by molar-refractivity contribution is 0.415. The Labute approximate surface area is 149 Å². The maximum Gasteiger partial charge on any atom is 0.272 e. The Balaban J connectivity index is 2.12. The molecule has 0 amide bonds. The lowest BCUT2D eigenvalue weighted by atomic mass is 10.1. The van der Waals surface area contributed by atoms with Crippen LogP contribution in [0.3, 0.4) is 0 Å². The third-order valence-corrected chi connectivity index (χ3v) is 4.21. The van der Waals surface area contributed by atoms with Gasteiger partial charge in [0.25, 0.3) is 5.56 Å². The molecule has 0 spiro atoms. The largest absolute Gasteiger partial charge is 0.497 e. The van der Waals surface area contributed by atoms with Crippen LogP contribution in [-0.4, -0.2) is 16.9 Å². The number of nitrogens with zero attached hydrogens (tertiary/aromatic N) is 2. The smallest absolute Gasteiger partial charge is 0.272 e. The molecule has 3 rings (SSSR count). The first-order valence-electron chi connectivity index (χ1n) is 7.20. The zero-order chi connectivity index (χ0) is 17.3. The lowest BCUT2D eigenvalue weighted by Crippen LogP contribution is -2.22. The first-order chi connectivity index (χ1) is 11.5. The van der Waals surface area contributed by atoms with Crippen LogP contribution >= 0.6 is 23.2 Å². The van der Waals surface area contributed by atoms with Gasteiger partial charge in [-0.05, 0) is 42.8 Å². The van der Waals surface area contributed by atoms with E-state index in [-0.39, 0.29) is 5.56 Å². The molecule has 0 aliphatic carbocycles. The third-order valence-electron chi connectivity index (χ3n) is 3.65. The predicted octanol–water partition coefficient (Wildman–Crippen LogP) is 4.52. The maximum absolute atomic E-state index is 12.5. The highest BCUT2D eigenvalue weighted by Crippen LogP contribution is 2.26. The average molecular weight is 361 g/mol. The Kier molecular flexibility index (Phi) is 4.60. The Hall–Kier alpha value is -2.30. The van der Waals surface area contributed by atoms with Crippen molar-refractivity contribution < 1.29 is 4.74 Å². The molecule has 0 aliphatic rings. The predicted molar refractivity (Wildman–Crippen MR) is 96.6 cm³/mol. The molecule has 122 valence electrons. The quantitative estimate of drug-likeness (QED) is 0.689. The Morgan fingerprint density at radius 3 is 2.42 bits per heavy atom. The topological polar surface area (TPSA) is 44.1 Å². The SMILES string of the molecule is COc1ccc(-c2cc(=O)n(-c3cc(Cl)ccc3Cl)nc2C)cc1. The van der Waals surface area contributed by atoms with Crippen molar-refractivity contribution in [2.75, 3.05) is 7.11 Å². The van der Waals surface area contributed by atoms with E-state index in [1.54, 1.807) is 31.4 Å². The molecule has 0 fully saturated rings. The molecule has 0 saturated heterocycles. The van der Waals surface area contributed by atoms with Gasteiger partial charge in [-0.15, -0.1) is 0 Å². The van der Waals surface area contributed by atoms with Crippen molar-refractivity contribution in [3.05, 3.63) is 74.6 Å². The standard InChI is InChI=1S/C18H14Cl2N2O2/c1-11-15(12-3-6-14(24-2)7-4-12)10-18(23)22(21-11)17-9-13(19)5-8-16(17)20/h3-10H,1-2H3. The van der Waals surface area contributed by atoms with Crippen molar-refractivity contribution in [3.8, 4) is 22.6 Å². The molecule has 0 bridgehead atoms. The summed E-state index contributed by atoms with van der Waals surface area (Å²) < 4.78 is 6.41. The molecule has 0 N–H and O–H groups in total. The average Bonchev–Trinajstić information content (AvgIpc) is 2.59. The van der Waals surface area contributed by atoms with Crippen molar-refractivity contribution in [1.29, 1.82) is 0 Å². The number of rotatable bonds is 3. The van der Waals surface area contributed by atoms with Crippen LogP contribution in [0.2, 0.25) is 10.0 Å². The van der Waals surface area contributed by atoms with Gasteiger partial charge in [0.2, 0.25) is 0 Å². The Bertz CT molecular complexity index is 950. The molecule has 6 heteroatoms. The monoisotopic (exact) mass is 360 g/mol. The second-order valence-electron chi connectivity index (χ2n) is 5.22. The third kappa shape index (κ3) is 3.16. The molecular formula is C18H14Cl2N2O2. The Morgan fingerprint density at radius 2 is 1.75 bits per heavy atom. The van der Waals surface area contributed by atoms with E-state index < -0.39 is 0 Å². The van der Waals surface area contributed by atoms with Gasteiger partial charge in [0.15, 0.2) is 0 Å². The van der Waals surface area contributed by atoms with Gasteiger partial charge in [-0.1, -0.05) is 35.3 Å². The molecule has 0 unspecified atom stereocenters. The van der Waals surface area contributed by atoms with E-state index in [4.69, 9.17) is 27.9 Å². The summed E-state index contributed by atoms with van der Waals surface area (Å²) >= 11 is 12.2. The molecule has 2 aromatic carbocycles. The van der Waals surface area contributed by atoms with Crippen molar-refractivity contribution in [1.82, 2.24) is 9.78 Å². The molecule has 1 aromatic heterocycles. The van der Waals surface area contributed by atoms with Gasteiger partial charge >= 0.3 is 0 Å². The van der Waals surface area contributed by atoms with E-state index in [9.17, 15) is 4.79 Å². The number of halogens is 2. The van der Waals surface area contributed by atoms with Crippen LogP contribution in [-0.2, 0) is 0 Å². The molecular weight excluding hydrogens is 347 g/mol. The van der Waals surface area contributed by atoms with Gasteiger partial charge in [0.1, 0.15) is 5.75 Å². The number of aryl methyl sites for hydroxylation is 1. The van der Waals surface area contributed by atoms with Crippen LogP contribution in [0, 0.1) is 6.92 Å². The van der Waals surface area contributed by atoms with E-state index in [0.717, 1.165) is 16.9 Å². The molecule has 0 radical (unpaired) electrons. The molecule has 24 heavy (non-hydrogen) atoms. The highest BCUT2D eigenvalue weighted by Gasteiger charge is 2.12. The second kappa shape index (κ2) is 6.67. The first kappa shape index (κ1) is 16.6. The minimum atomic E-state index is -0.282. The normalized spacial score (nSPS) is 10.7. The fourth-order valence-corrected chi connectivity index (χ4v) is 2.79. The van der Waals surface area contributed by atoms with E-state index in [1.807, 2.05) is 31.2 Å². The van der Waals surface area contributed by atoms with Crippen molar-refractivity contribution in [2.45, 2.75) is 6.92 Å². The van der Waals surface area contributed by atoms with Gasteiger partial charge < -0.3 is 4.74 Å². The summed E-state index contributed by atoms with van der Waals surface area (Å²) in [4.78, 5) is 12.5. The number of methoxy groups -OCH3 is 1. The van der Waals surface area contributed by atoms with Gasteiger partial charge in [-0.2, -0.15) is 9.78 Å². The highest BCUT2D eigenvalue weighted by molar-refractivity contribution is 6.34. The van der Waals surface area contributed by atoms with Crippen LogP contribution < -0.4 is 10.3 Å². The summed E-state index contributed by atoms with van der Waals surface area (Å²) in [5.41, 5.74) is 2.53. The van der Waals surface area contributed by atoms with Crippen molar-refractivity contribution >= 4 is 23.2 Å². The van der Waals surface area contributed by atoms with Crippen molar-refractivity contribution in [2.24, 2.45) is 0 Å². The van der Waals surface area contributed by atoms with E-state index in [0.29, 0.717) is 21.4 Å². The maximum atomic E-state index is 12.5. The van der Waals surface area contributed by atoms with Crippen LogP contribution in [0.5, 0.6) is 5.75 Å². The number of aromatic nitrogens is 2. The second-order valence-corrected chi connectivity index (χ2v) is 6.06. The van der Waals surface area contributed by atoms with Gasteiger partial charge in [-0.3, -0.25) is 4.79 Å². The van der Waals surface area contributed by atoms with Crippen LogP contribution in [0.4, 0.5) is 0 Å². The molecule has 0 atom stereocenters. The van der Waals surface area contributed by atoms with Gasteiger partial charge in [0, 0.05) is 16.7 Å². The summed E-state index contributed by atoms with van der Waals surface area (Å²) in [7, 11) is 1.61. The van der Waals surface area contributed by atoms with Crippen LogP contribution in [0.1, 0.15) is 5.69 Å². The molecule has 1 heterocycles. The summed E-state index contributed by atoms with van der Waals surface area (Å²) in [5, 5.41) is 5.29. The fraction of sp³-hybridized carbons (Fsp3) is 0.111. The Morgan fingerprint density at radius 1 is 1.04 bits per heavy atom. The molecule has 0 saturated carbocycles. The molecule has 4 nitrogen and oxygen atoms in total. The molecule has 3 aromatic rings. The number of benzene rings is 2. The van der Waals surface area contributed by atoms with Crippen LogP contribution in [0.25, 0.3) is 16.8 Å². The van der Waals surface area contributed by atoms with E-state index in [2.05, 4.69) is 5.10 Å². The molecule has 0 aliphatic heterocycles. The number of hydrogen-bond donors (Lipinski definition) is 0. The minimum Gasteiger partial charge on any atom is -0.497 e. The van der Waals surface area contributed by atoms with E-state index >= 15 is 0 Å². The summed E-state index contributed by atoms with van der Waals surface area (Å²) in [6, 6.07) is 13.9. The summed E-state index contributed by atoms with van der Waals surface area (Å²) in [5.74, 6) is 0.753. The van der Waals surface area contributed by atoms with Gasteiger partial charge in [0.05, 0.1) is 23.5 Å². The zero-order valence-electron chi connectivity index (χ0n) is 13.1. The number of ether oxygens (including phenoxy) is 1. The van der Waals surface area contributed by atoms with Gasteiger partial charge in [-0.25, -0.2) is 0 Å². The summed E-state index contributed by atoms with van der Waals surface area (Å²) in [6.07, 6.45) is 0. The zero-order valence-corrected chi connectivity index (χ0v) is 14.6. The lowest BCUT2D eigenvalue weighted by Gasteiger charge is -2.11. The highest BCUT2D eigenvalue weighted by atomic mass is 35.5. The summed E-state index contributed by atoms with van der Waals surface area (Å²) in [6.45, 7) is 1.84. The van der Waals surface area contributed by atoms with Crippen LogP contribution in [0.15, 0.2) is 53.3 Å². The number of hydrogen-bond acceptors (Lipinski definition) is 3.